The molecule has 5 nitrogen and oxygen atoms in total. The number of nitrogens with zero attached hydrogens (tertiary/aromatic N) is 2. The van der Waals surface area contributed by atoms with E-state index in [-0.39, 0.29) is 5.95 Å². The van der Waals surface area contributed by atoms with Crippen LogP contribution >= 0.6 is 0 Å². The fourth-order valence-corrected chi connectivity index (χ4v) is 1.17. The molecule has 0 aliphatic rings. The van der Waals surface area contributed by atoms with Gasteiger partial charge in [0, 0.05) is 0 Å². The van der Waals surface area contributed by atoms with Gasteiger partial charge in [-0.1, -0.05) is 6.92 Å². The number of nitrogens with two attached hydrogens (primary N) is 1. The van der Waals surface area contributed by atoms with Crippen LogP contribution in [0.15, 0.2) is 6.20 Å². The van der Waals surface area contributed by atoms with E-state index in [9.17, 15) is 4.79 Å². The largest absolute Gasteiger partial charge is 0.443 e. The average molecular weight is 211 g/mol. The minimum absolute atomic E-state index is 0.168. The Morgan fingerprint density at radius 3 is 2.67 bits per heavy atom. The van der Waals surface area contributed by atoms with Gasteiger partial charge in [0.05, 0.1) is 11.9 Å². The summed E-state index contributed by atoms with van der Waals surface area (Å²) in [6.07, 6.45) is 1.79. The molecule has 0 radical (unpaired) electrons. The van der Waals surface area contributed by atoms with E-state index in [1.54, 1.807) is 6.20 Å². The van der Waals surface area contributed by atoms with Gasteiger partial charge < -0.3 is 10.5 Å². The molecule has 1 aromatic heterocycles. The molecular formula is C10H17N3O2. The van der Waals surface area contributed by atoms with Gasteiger partial charge in [-0.2, -0.15) is 0 Å². The molecule has 0 aromatic carbocycles. The van der Waals surface area contributed by atoms with Gasteiger partial charge in [0.2, 0.25) is 5.95 Å². The summed E-state index contributed by atoms with van der Waals surface area (Å²) in [7, 11) is 0. The van der Waals surface area contributed by atoms with Gasteiger partial charge in [0.15, 0.2) is 0 Å². The quantitative estimate of drug-likeness (QED) is 0.769. The highest BCUT2D eigenvalue weighted by molar-refractivity contribution is 5.75. The summed E-state index contributed by atoms with van der Waals surface area (Å²) in [6.45, 7) is 7.36. The molecule has 0 atom stereocenters. The van der Waals surface area contributed by atoms with Crippen molar-refractivity contribution in [3.05, 3.63) is 11.9 Å². The minimum Gasteiger partial charge on any atom is -0.443 e. The van der Waals surface area contributed by atoms with E-state index >= 15 is 0 Å². The van der Waals surface area contributed by atoms with E-state index in [4.69, 9.17) is 10.5 Å². The fourth-order valence-electron chi connectivity index (χ4n) is 1.17. The van der Waals surface area contributed by atoms with Gasteiger partial charge in [0.1, 0.15) is 5.60 Å². The summed E-state index contributed by atoms with van der Waals surface area (Å²) in [4.78, 5) is 15.6. The van der Waals surface area contributed by atoms with Crippen LogP contribution in [0.2, 0.25) is 0 Å². The second-order valence-corrected chi connectivity index (χ2v) is 4.28. The van der Waals surface area contributed by atoms with Gasteiger partial charge in [-0.25, -0.2) is 14.3 Å². The number of carbonyl (C=O) groups excluding carboxylic acids is 1. The van der Waals surface area contributed by atoms with E-state index in [1.165, 1.54) is 4.57 Å². The molecule has 1 rings (SSSR count). The van der Waals surface area contributed by atoms with E-state index in [0.29, 0.717) is 6.42 Å². The summed E-state index contributed by atoms with van der Waals surface area (Å²) < 4.78 is 6.51. The van der Waals surface area contributed by atoms with Crippen molar-refractivity contribution >= 4 is 12.0 Å². The van der Waals surface area contributed by atoms with E-state index in [2.05, 4.69) is 4.98 Å². The van der Waals surface area contributed by atoms with Gasteiger partial charge in [-0.05, 0) is 27.2 Å². The van der Waals surface area contributed by atoms with Crippen molar-refractivity contribution in [1.82, 2.24) is 9.55 Å². The van der Waals surface area contributed by atoms with Crippen molar-refractivity contribution in [3.8, 4) is 0 Å². The zero-order chi connectivity index (χ0) is 11.6. The van der Waals surface area contributed by atoms with E-state index in [1.807, 2.05) is 27.7 Å². The summed E-state index contributed by atoms with van der Waals surface area (Å²) in [5.41, 5.74) is 5.81. The fraction of sp³-hybridized carbons (Fsp3) is 0.600. The molecule has 15 heavy (non-hydrogen) atoms. The second-order valence-electron chi connectivity index (χ2n) is 4.28. The normalized spacial score (nSPS) is 11.5. The summed E-state index contributed by atoms with van der Waals surface area (Å²) in [6, 6.07) is 0. The summed E-state index contributed by atoms with van der Waals surface area (Å²) >= 11 is 0. The maximum atomic E-state index is 11.7. The molecule has 0 unspecified atom stereocenters. The maximum absolute atomic E-state index is 11.7. The molecule has 0 saturated carbocycles. The zero-order valence-electron chi connectivity index (χ0n) is 9.57. The Morgan fingerprint density at radius 2 is 2.20 bits per heavy atom. The predicted molar refractivity (Wildman–Crippen MR) is 57.6 cm³/mol. The SMILES string of the molecule is CCc1cnc(N)n1C(=O)OC(C)(C)C. The number of ether oxygens (including phenoxy) is 1. The molecular weight excluding hydrogens is 194 g/mol. The maximum Gasteiger partial charge on any atom is 0.421 e. The van der Waals surface area contributed by atoms with Crippen molar-refractivity contribution < 1.29 is 9.53 Å². The molecule has 1 aromatic rings. The van der Waals surface area contributed by atoms with Crippen molar-refractivity contribution in [1.29, 1.82) is 0 Å². The van der Waals surface area contributed by atoms with Crippen LogP contribution in [0.4, 0.5) is 10.7 Å². The van der Waals surface area contributed by atoms with Gasteiger partial charge >= 0.3 is 6.09 Å². The van der Waals surface area contributed by atoms with Crippen LogP contribution in [0.5, 0.6) is 0 Å². The number of imidazole rings is 1. The molecule has 5 heteroatoms. The first-order chi connectivity index (χ1) is 6.85. The predicted octanol–water partition coefficient (Wildman–Crippen LogP) is 1.81. The Labute approximate surface area is 89.2 Å². The lowest BCUT2D eigenvalue weighted by Crippen LogP contribution is -2.28. The third-order valence-corrected chi connectivity index (χ3v) is 1.80. The molecule has 0 aliphatic carbocycles. The third-order valence-electron chi connectivity index (χ3n) is 1.80. The lowest BCUT2D eigenvalue weighted by atomic mass is 10.2. The second kappa shape index (κ2) is 3.92. The Kier molecular flexibility index (Phi) is 3.02. The smallest absolute Gasteiger partial charge is 0.421 e. The number of anilines is 1. The number of aromatic nitrogens is 2. The topological polar surface area (TPSA) is 70.1 Å². The molecule has 1 heterocycles. The van der Waals surface area contributed by atoms with Crippen LogP contribution in [-0.4, -0.2) is 21.2 Å². The van der Waals surface area contributed by atoms with Crippen LogP contribution in [0.25, 0.3) is 0 Å². The van der Waals surface area contributed by atoms with E-state index in [0.717, 1.165) is 5.69 Å². The lowest BCUT2D eigenvalue weighted by molar-refractivity contribution is 0.0536. The number of carbonyl (C=O) groups is 1. The first kappa shape index (κ1) is 11.6. The van der Waals surface area contributed by atoms with Crippen molar-refractivity contribution in [2.75, 3.05) is 5.73 Å². The average Bonchev–Trinajstić information content (AvgIpc) is 2.43. The highest BCUT2D eigenvalue weighted by Crippen LogP contribution is 2.13. The number of aryl methyl sites for hydroxylation is 1. The van der Waals surface area contributed by atoms with Crippen LogP contribution in [0, 0.1) is 0 Å². The van der Waals surface area contributed by atoms with Gasteiger partial charge in [-0.3, -0.25) is 0 Å². The number of hydrogen-bond acceptors (Lipinski definition) is 4. The highest BCUT2D eigenvalue weighted by Gasteiger charge is 2.21. The Hall–Kier alpha value is -1.52. The number of rotatable bonds is 1. The van der Waals surface area contributed by atoms with Crippen molar-refractivity contribution in [3.63, 3.8) is 0 Å². The molecule has 0 saturated heterocycles. The summed E-state index contributed by atoms with van der Waals surface area (Å²) in [5.74, 6) is 0.168. The zero-order valence-corrected chi connectivity index (χ0v) is 9.57. The minimum atomic E-state index is -0.529. The Bertz CT molecular complexity index is 363. The monoisotopic (exact) mass is 211 g/mol. The summed E-state index contributed by atoms with van der Waals surface area (Å²) in [5, 5.41) is 0. The van der Waals surface area contributed by atoms with Crippen LogP contribution in [0.1, 0.15) is 33.4 Å². The molecule has 0 bridgehead atoms. The van der Waals surface area contributed by atoms with Gasteiger partial charge in [0.25, 0.3) is 0 Å². The van der Waals surface area contributed by atoms with Crippen LogP contribution < -0.4 is 5.73 Å². The van der Waals surface area contributed by atoms with Crippen LogP contribution in [-0.2, 0) is 11.2 Å². The van der Waals surface area contributed by atoms with Crippen molar-refractivity contribution in [2.45, 2.75) is 39.7 Å². The van der Waals surface area contributed by atoms with Crippen LogP contribution in [0.3, 0.4) is 0 Å². The lowest BCUT2D eigenvalue weighted by Gasteiger charge is -2.20. The highest BCUT2D eigenvalue weighted by atomic mass is 16.6. The first-order valence-electron chi connectivity index (χ1n) is 4.90. The number of hydrogen-bond donors (Lipinski definition) is 1. The van der Waals surface area contributed by atoms with Gasteiger partial charge in [-0.15, -0.1) is 0 Å². The number of nitrogen functional groups attached to an aromatic ring is 1. The van der Waals surface area contributed by atoms with E-state index < -0.39 is 11.7 Å². The molecule has 0 fully saturated rings. The molecule has 0 amide bonds. The van der Waals surface area contributed by atoms with Crippen molar-refractivity contribution in [2.24, 2.45) is 0 Å². The molecule has 0 spiro atoms. The Morgan fingerprint density at radius 1 is 1.60 bits per heavy atom. The standard InChI is InChI=1S/C10H17N3O2/c1-5-7-6-12-8(11)13(7)9(14)15-10(2,3)4/h6H,5H2,1-4H3,(H2,11,12). The molecule has 2 N–H and O–H groups in total. The Balaban J connectivity index is 2.95. The third kappa shape index (κ3) is 2.71. The molecule has 84 valence electrons. The molecule has 0 aliphatic heterocycles. The first-order valence-corrected chi connectivity index (χ1v) is 4.90.